The third-order valence-electron chi connectivity index (χ3n) is 5.92. The fraction of sp³-hybridized carbons (Fsp3) is 0.458. The zero-order valence-electron chi connectivity index (χ0n) is 17.3. The molecule has 2 unspecified atom stereocenters. The normalized spacial score (nSPS) is 23.6. The van der Waals surface area contributed by atoms with Crippen molar-refractivity contribution in [3.8, 4) is 5.75 Å². The number of carbonyl (C=O) groups excluding carboxylic acids is 1. The van der Waals surface area contributed by atoms with Crippen molar-refractivity contribution >= 4 is 11.6 Å². The first kappa shape index (κ1) is 19.8. The molecule has 2 aromatic carbocycles. The van der Waals surface area contributed by atoms with Crippen LogP contribution < -0.4 is 10.1 Å². The molecular formula is C24H30N2O3. The van der Waals surface area contributed by atoms with Crippen LogP contribution >= 0.6 is 0 Å². The van der Waals surface area contributed by atoms with Crippen LogP contribution in [-0.2, 0) is 10.4 Å². The van der Waals surface area contributed by atoms with Crippen molar-refractivity contribution in [3.05, 3.63) is 59.7 Å². The highest BCUT2D eigenvalue weighted by molar-refractivity contribution is 6.02. The van der Waals surface area contributed by atoms with E-state index in [0.717, 1.165) is 54.9 Å². The quantitative estimate of drug-likeness (QED) is 0.734. The Kier molecular flexibility index (Phi) is 5.76. The van der Waals surface area contributed by atoms with Crippen LogP contribution in [0.1, 0.15) is 55.5 Å². The molecule has 2 aliphatic heterocycles. The van der Waals surface area contributed by atoms with Crippen LogP contribution in [-0.4, -0.2) is 36.7 Å². The zero-order valence-corrected chi connectivity index (χ0v) is 17.3. The molecule has 5 nitrogen and oxygen atoms in total. The number of nitrogens with one attached hydrogen (secondary N) is 1. The van der Waals surface area contributed by atoms with E-state index in [9.17, 15) is 4.79 Å². The fourth-order valence-electron chi connectivity index (χ4n) is 4.26. The summed E-state index contributed by atoms with van der Waals surface area (Å²) in [6.07, 6.45) is 4.24. The van der Waals surface area contributed by atoms with Crippen LogP contribution in [0.15, 0.2) is 48.5 Å². The molecule has 0 spiro atoms. The maximum atomic E-state index is 13.4. The van der Waals surface area contributed by atoms with E-state index in [0.29, 0.717) is 13.2 Å². The largest absolute Gasteiger partial charge is 0.490 e. The summed E-state index contributed by atoms with van der Waals surface area (Å²) in [6.45, 7) is 6.25. The van der Waals surface area contributed by atoms with Gasteiger partial charge in [-0.15, -0.1) is 0 Å². The molecule has 0 radical (unpaired) electrons. The van der Waals surface area contributed by atoms with Crippen LogP contribution in [0.2, 0.25) is 0 Å². The number of rotatable bonds is 7. The standard InChI is InChI=1S/C24H30N2O3/c1-3-4-15-26-23(27)19-11-5-7-13-21(19)25-24(26,2)20-12-6-8-14-22(20)29-17-18-10-9-16-28-18/h5-8,11-14,18,25H,3-4,9-10,15-17H2,1-2H3. The summed E-state index contributed by atoms with van der Waals surface area (Å²) in [5.74, 6) is 0.857. The van der Waals surface area contributed by atoms with Gasteiger partial charge in [-0.05, 0) is 44.4 Å². The molecule has 2 heterocycles. The molecule has 0 bridgehead atoms. The highest BCUT2D eigenvalue weighted by atomic mass is 16.5. The number of carbonyl (C=O) groups is 1. The number of unbranched alkanes of at least 4 members (excludes halogenated alkanes) is 1. The van der Waals surface area contributed by atoms with Gasteiger partial charge in [0.25, 0.3) is 5.91 Å². The summed E-state index contributed by atoms with van der Waals surface area (Å²) in [5, 5.41) is 3.64. The minimum absolute atomic E-state index is 0.0595. The monoisotopic (exact) mass is 394 g/mol. The smallest absolute Gasteiger partial charge is 0.258 e. The number of hydrogen-bond acceptors (Lipinski definition) is 4. The number of anilines is 1. The Bertz CT molecular complexity index is 863. The molecule has 0 aromatic heterocycles. The van der Waals surface area contributed by atoms with E-state index in [4.69, 9.17) is 9.47 Å². The van der Waals surface area contributed by atoms with E-state index < -0.39 is 5.66 Å². The van der Waals surface area contributed by atoms with E-state index in [2.05, 4.69) is 25.2 Å². The number of ether oxygens (including phenoxy) is 2. The van der Waals surface area contributed by atoms with Gasteiger partial charge in [0.15, 0.2) is 0 Å². The van der Waals surface area contributed by atoms with Crippen LogP contribution in [0, 0.1) is 0 Å². The molecule has 1 saturated heterocycles. The lowest BCUT2D eigenvalue weighted by molar-refractivity contribution is 0.0502. The molecule has 4 rings (SSSR count). The molecule has 2 aromatic rings. The van der Waals surface area contributed by atoms with Gasteiger partial charge < -0.3 is 19.7 Å². The summed E-state index contributed by atoms with van der Waals surface area (Å²) in [5.41, 5.74) is 1.87. The minimum atomic E-state index is -0.687. The summed E-state index contributed by atoms with van der Waals surface area (Å²) in [4.78, 5) is 15.4. The summed E-state index contributed by atoms with van der Waals surface area (Å²) < 4.78 is 11.9. The molecule has 0 aliphatic carbocycles. The highest BCUT2D eigenvalue weighted by Crippen LogP contribution is 2.41. The number of nitrogens with zero attached hydrogens (tertiary/aromatic N) is 1. The van der Waals surface area contributed by atoms with Gasteiger partial charge in [0.05, 0.1) is 11.7 Å². The Morgan fingerprint density at radius 2 is 2.00 bits per heavy atom. The Hall–Kier alpha value is -2.53. The van der Waals surface area contributed by atoms with Gasteiger partial charge in [0.2, 0.25) is 0 Å². The Morgan fingerprint density at radius 3 is 2.79 bits per heavy atom. The molecule has 2 atom stereocenters. The van der Waals surface area contributed by atoms with Crippen molar-refractivity contribution in [3.63, 3.8) is 0 Å². The molecular weight excluding hydrogens is 364 g/mol. The number of benzene rings is 2. The number of fused-ring (bicyclic) bond motifs is 1. The van der Waals surface area contributed by atoms with Crippen molar-refractivity contribution in [2.75, 3.05) is 25.1 Å². The number of amides is 1. The average Bonchev–Trinajstić information content (AvgIpc) is 3.26. The van der Waals surface area contributed by atoms with Gasteiger partial charge in [-0.2, -0.15) is 0 Å². The molecule has 29 heavy (non-hydrogen) atoms. The van der Waals surface area contributed by atoms with Crippen molar-refractivity contribution in [1.82, 2.24) is 4.90 Å². The predicted molar refractivity (Wildman–Crippen MR) is 114 cm³/mol. The van der Waals surface area contributed by atoms with Crippen LogP contribution in [0.4, 0.5) is 5.69 Å². The Balaban J connectivity index is 1.70. The average molecular weight is 395 g/mol. The molecule has 1 amide bonds. The molecule has 2 aliphatic rings. The first-order chi connectivity index (χ1) is 14.1. The highest BCUT2D eigenvalue weighted by Gasteiger charge is 2.43. The molecule has 5 heteroatoms. The Morgan fingerprint density at radius 1 is 1.21 bits per heavy atom. The van der Waals surface area contributed by atoms with Crippen molar-refractivity contribution in [1.29, 1.82) is 0 Å². The third-order valence-corrected chi connectivity index (χ3v) is 5.92. The lowest BCUT2D eigenvalue weighted by Crippen LogP contribution is -2.56. The number of para-hydroxylation sites is 2. The second-order valence-electron chi connectivity index (χ2n) is 8.00. The summed E-state index contributed by atoms with van der Waals surface area (Å²) in [6, 6.07) is 15.8. The third kappa shape index (κ3) is 3.84. The maximum absolute atomic E-state index is 13.4. The second kappa shape index (κ2) is 8.46. The van der Waals surface area contributed by atoms with Crippen LogP contribution in [0.3, 0.4) is 0 Å². The van der Waals surface area contributed by atoms with E-state index in [-0.39, 0.29) is 12.0 Å². The van der Waals surface area contributed by atoms with Crippen molar-refractivity contribution in [2.24, 2.45) is 0 Å². The lowest BCUT2D eigenvalue weighted by Gasteiger charge is -2.47. The van der Waals surface area contributed by atoms with Gasteiger partial charge in [0.1, 0.15) is 18.0 Å². The van der Waals surface area contributed by atoms with E-state index >= 15 is 0 Å². The van der Waals surface area contributed by atoms with Gasteiger partial charge in [-0.1, -0.05) is 43.7 Å². The van der Waals surface area contributed by atoms with Gasteiger partial charge in [-0.3, -0.25) is 4.79 Å². The van der Waals surface area contributed by atoms with Gasteiger partial charge in [-0.25, -0.2) is 0 Å². The van der Waals surface area contributed by atoms with Crippen molar-refractivity contribution < 1.29 is 14.3 Å². The van der Waals surface area contributed by atoms with Crippen LogP contribution in [0.25, 0.3) is 0 Å². The minimum Gasteiger partial charge on any atom is -0.490 e. The summed E-state index contributed by atoms with van der Waals surface area (Å²) in [7, 11) is 0. The molecule has 1 N–H and O–H groups in total. The molecule has 1 fully saturated rings. The molecule has 0 saturated carbocycles. The van der Waals surface area contributed by atoms with Crippen LogP contribution in [0.5, 0.6) is 5.75 Å². The number of hydrogen-bond donors (Lipinski definition) is 1. The topological polar surface area (TPSA) is 50.8 Å². The lowest BCUT2D eigenvalue weighted by atomic mass is 9.92. The first-order valence-corrected chi connectivity index (χ1v) is 10.7. The molecule has 154 valence electrons. The zero-order chi connectivity index (χ0) is 20.3. The van der Waals surface area contributed by atoms with E-state index in [1.54, 1.807) is 0 Å². The van der Waals surface area contributed by atoms with Crippen molar-refractivity contribution in [2.45, 2.75) is 51.3 Å². The van der Waals surface area contributed by atoms with Gasteiger partial charge >= 0.3 is 0 Å². The summed E-state index contributed by atoms with van der Waals surface area (Å²) >= 11 is 0. The van der Waals surface area contributed by atoms with E-state index in [1.165, 1.54) is 0 Å². The van der Waals surface area contributed by atoms with E-state index in [1.807, 2.05) is 47.4 Å². The van der Waals surface area contributed by atoms with Gasteiger partial charge in [0, 0.05) is 24.4 Å². The maximum Gasteiger partial charge on any atom is 0.258 e. The Labute approximate surface area is 173 Å². The predicted octanol–water partition coefficient (Wildman–Crippen LogP) is 4.79. The first-order valence-electron chi connectivity index (χ1n) is 10.7. The fourth-order valence-corrected chi connectivity index (χ4v) is 4.26. The second-order valence-corrected chi connectivity index (χ2v) is 8.00. The SMILES string of the molecule is CCCCN1C(=O)c2ccccc2NC1(C)c1ccccc1OCC1CCCO1.